The van der Waals surface area contributed by atoms with Crippen molar-refractivity contribution in [3.63, 3.8) is 0 Å². The summed E-state index contributed by atoms with van der Waals surface area (Å²) in [6.07, 6.45) is 0.0963. The normalized spacial score (nSPS) is 23.0. The third kappa shape index (κ3) is 2.55. The van der Waals surface area contributed by atoms with Crippen LogP contribution in [0.4, 0.5) is 4.79 Å². The minimum Gasteiger partial charge on any atom is -0.465 e. The van der Waals surface area contributed by atoms with Crippen LogP contribution in [0.5, 0.6) is 0 Å². The third-order valence-corrected chi connectivity index (χ3v) is 1.89. The molecule has 1 amide bonds. The minimum atomic E-state index is -0.823. The molecule has 1 heterocycles. The molecule has 0 unspecified atom stereocenters. The van der Waals surface area contributed by atoms with Crippen molar-refractivity contribution in [2.24, 2.45) is 11.7 Å². The van der Waals surface area contributed by atoms with E-state index in [4.69, 9.17) is 10.8 Å². The Balaban J connectivity index is 0.000001000. The zero-order valence-electron chi connectivity index (χ0n) is 6.19. The van der Waals surface area contributed by atoms with E-state index in [9.17, 15) is 4.79 Å². The van der Waals surface area contributed by atoms with Crippen LogP contribution in [0.2, 0.25) is 0 Å². The molecule has 3 N–H and O–H groups in total. The Hall–Kier alpha value is -0.480. The first kappa shape index (κ1) is 10.5. The average molecular weight is 181 g/mol. The lowest BCUT2D eigenvalue weighted by Crippen LogP contribution is -2.27. The zero-order chi connectivity index (χ0) is 7.56. The summed E-state index contributed by atoms with van der Waals surface area (Å²) in [7, 11) is 0. The molecular formula is C6H13ClN2O2. The van der Waals surface area contributed by atoms with Crippen LogP contribution >= 0.6 is 12.4 Å². The van der Waals surface area contributed by atoms with Crippen LogP contribution in [0, 0.1) is 5.92 Å². The Morgan fingerprint density at radius 1 is 1.73 bits per heavy atom. The predicted molar refractivity (Wildman–Crippen MR) is 44.0 cm³/mol. The molecule has 11 heavy (non-hydrogen) atoms. The lowest BCUT2D eigenvalue weighted by molar-refractivity contribution is 0.154. The summed E-state index contributed by atoms with van der Waals surface area (Å²) in [5.74, 6) is 0.385. The van der Waals surface area contributed by atoms with Gasteiger partial charge < -0.3 is 15.7 Å². The van der Waals surface area contributed by atoms with Gasteiger partial charge in [-0.05, 0) is 18.9 Å². The number of likely N-dealkylation sites (tertiary alicyclic amines) is 1. The van der Waals surface area contributed by atoms with Crippen molar-refractivity contribution in [2.45, 2.75) is 6.42 Å². The monoisotopic (exact) mass is 180 g/mol. The van der Waals surface area contributed by atoms with Crippen molar-refractivity contribution < 1.29 is 9.90 Å². The second-order valence-corrected chi connectivity index (χ2v) is 2.62. The summed E-state index contributed by atoms with van der Waals surface area (Å²) in [6, 6.07) is 0. The fourth-order valence-corrected chi connectivity index (χ4v) is 1.20. The number of halogens is 1. The molecule has 0 aromatic heterocycles. The second kappa shape index (κ2) is 4.41. The Kier molecular flexibility index (Phi) is 4.22. The predicted octanol–water partition coefficient (Wildman–Crippen LogP) is 0.367. The summed E-state index contributed by atoms with van der Waals surface area (Å²) < 4.78 is 0. The molecule has 1 atom stereocenters. The molecule has 1 rings (SSSR count). The van der Waals surface area contributed by atoms with Gasteiger partial charge in [-0.15, -0.1) is 12.4 Å². The van der Waals surface area contributed by atoms with Gasteiger partial charge >= 0.3 is 6.09 Å². The highest BCUT2D eigenvalue weighted by molar-refractivity contribution is 5.85. The van der Waals surface area contributed by atoms with E-state index in [0.717, 1.165) is 6.42 Å². The summed E-state index contributed by atoms with van der Waals surface area (Å²) in [6.45, 7) is 1.87. The molecule has 0 aromatic carbocycles. The van der Waals surface area contributed by atoms with Crippen LogP contribution in [0.15, 0.2) is 0 Å². The first-order valence-corrected chi connectivity index (χ1v) is 3.42. The Morgan fingerprint density at radius 2 is 2.36 bits per heavy atom. The van der Waals surface area contributed by atoms with Gasteiger partial charge in [0.25, 0.3) is 0 Å². The van der Waals surface area contributed by atoms with Gasteiger partial charge in [0.2, 0.25) is 0 Å². The topological polar surface area (TPSA) is 66.6 Å². The van der Waals surface area contributed by atoms with Gasteiger partial charge in [0.1, 0.15) is 0 Å². The SMILES string of the molecule is Cl.NC[C@H]1CCN(C(=O)O)C1. The number of rotatable bonds is 1. The maximum absolute atomic E-state index is 10.3. The number of amides is 1. The van der Waals surface area contributed by atoms with E-state index < -0.39 is 6.09 Å². The third-order valence-electron chi connectivity index (χ3n) is 1.89. The fourth-order valence-electron chi connectivity index (χ4n) is 1.20. The van der Waals surface area contributed by atoms with Gasteiger partial charge in [-0.2, -0.15) is 0 Å². The molecular weight excluding hydrogens is 168 g/mol. The van der Waals surface area contributed by atoms with E-state index in [0.29, 0.717) is 25.6 Å². The van der Waals surface area contributed by atoms with Crippen LogP contribution in [0.3, 0.4) is 0 Å². The Morgan fingerprint density at radius 3 is 2.64 bits per heavy atom. The molecule has 0 aromatic rings. The first-order chi connectivity index (χ1) is 4.74. The number of nitrogens with zero attached hydrogens (tertiary/aromatic N) is 1. The van der Waals surface area contributed by atoms with Gasteiger partial charge in [0, 0.05) is 13.1 Å². The van der Waals surface area contributed by atoms with E-state index in [1.54, 1.807) is 0 Å². The van der Waals surface area contributed by atoms with Crippen LogP contribution in [0.1, 0.15) is 6.42 Å². The second-order valence-electron chi connectivity index (χ2n) is 2.62. The van der Waals surface area contributed by atoms with Crippen LogP contribution in [0.25, 0.3) is 0 Å². The first-order valence-electron chi connectivity index (χ1n) is 3.42. The molecule has 1 aliphatic rings. The van der Waals surface area contributed by atoms with Crippen molar-refractivity contribution in [2.75, 3.05) is 19.6 Å². The summed E-state index contributed by atoms with van der Waals surface area (Å²) in [4.78, 5) is 11.8. The molecule has 0 bridgehead atoms. The molecule has 66 valence electrons. The standard InChI is InChI=1S/C6H12N2O2.ClH/c7-3-5-1-2-8(4-5)6(9)10;/h5H,1-4,7H2,(H,9,10);1H/t5-;/m1./s1. The lowest BCUT2D eigenvalue weighted by atomic mass is 10.1. The summed E-state index contributed by atoms with van der Waals surface area (Å²) in [5.41, 5.74) is 5.38. The number of carbonyl (C=O) groups is 1. The lowest BCUT2D eigenvalue weighted by Gasteiger charge is -2.10. The molecule has 0 saturated carbocycles. The van der Waals surface area contributed by atoms with E-state index in [-0.39, 0.29) is 12.4 Å². The number of hydrogen-bond acceptors (Lipinski definition) is 2. The maximum atomic E-state index is 10.3. The van der Waals surface area contributed by atoms with E-state index in [1.165, 1.54) is 4.90 Å². The van der Waals surface area contributed by atoms with E-state index >= 15 is 0 Å². The Labute approximate surface area is 71.8 Å². The van der Waals surface area contributed by atoms with Gasteiger partial charge in [-0.3, -0.25) is 0 Å². The van der Waals surface area contributed by atoms with E-state index in [1.807, 2.05) is 0 Å². The van der Waals surface area contributed by atoms with Crippen LogP contribution in [-0.4, -0.2) is 35.7 Å². The highest BCUT2D eigenvalue weighted by Crippen LogP contribution is 2.13. The highest BCUT2D eigenvalue weighted by atomic mass is 35.5. The molecule has 1 saturated heterocycles. The molecule has 4 nitrogen and oxygen atoms in total. The molecule has 1 fully saturated rings. The van der Waals surface area contributed by atoms with Crippen molar-refractivity contribution in [3.05, 3.63) is 0 Å². The largest absolute Gasteiger partial charge is 0.465 e. The molecule has 5 heteroatoms. The smallest absolute Gasteiger partial charge is 0.407 e. The highest BCUT2D eigenvalue weighted by Gasteiger charge is 2.24. The fraction of sp³-hybridized carbons (Fsp3) is 0.833. The number of hydrogen-bond donors (Lipinski definition) is 2. The van der Waals surface area contributed by atoms with Crippen molar-refractivity contribution >= 4 is 18.5 Å². The maximum Gasteiger partial charge on any atom is 0.407 e. The Bertz CT molecular complexity index is 143. The molecule has 0 radical (unpaired) electrons. The number of nitrogens with two attached hydrogens (primary N) is 1. The molecule has 1 aliphatic heterocycles. The van der Waals surface area contributed by atoms with Crippen LogP contribution in [-0.2, 0) is 0 Å². The van der Waals surface area contributed by atoms with Gasteiger partial charge in [0.15, 0.2) is 0 Å². The van der Waals surface area contributed by atoms with E-state index in [2.05, 4.69) is 0 Å². The number of carboxylic acid groups (broad SMARTS) is 1. The zero-order valence-corrected chi connectivity index (χ0v) is 7.01. The van der Waals surface area contributed by atoms with Crippen molar-refractivity contribution in [3.8, 4) is 0 Å². The minimum absolute atomic E-state index is 0. The summed E-state index contributed by atoms with van der Waals surface area (Å²) in [5, 5.41) is 8.51. The van der Waals surface area contributed by atoms with Gasteiger partial charge in [-0.25, -0.2) is 4.79 Å². The average Bonchev–Trinajstić information content (AvgIpc) is 2.34. The van der Waals surface area contributed by atoms with Crippen molar-refractivity contribution in [1.29, 1.82) is 0 Å². The van der Waals surface area contributed by atoms with Gasteiger partial charge in [0.05, 0.1) is 0 Å². The van der Waals surface area contributed by atoms with Crippen LogP contribution < -0.4 is 5.73 Å². The van der Waals surface area contributed by atoms with Crippen molar-refractivity contribution in [1.82, 2.24) is 4.90 Å². The molecule has 0 aliphatic carbocycles. The van der Waals surface area contributed by atoms with Gasteiger partial charge in [-0.1, -0.05) is 0 Å². The summed E-state index contributed by atoms with van der Waals surface area (Å²) >= 11 is 0. The quantitative estimate of drug-likeness (QED) is 0.613. The molecule has 0 spiro atoms.